The molecular formula is C18H15N3O3S. The minimum Gasteiger partial charge on any atom is -0.497 e. The summed E-state index contributed by atoms with van der Waals surface area (Å²) in [5.74, 6) is 1.30. The number of rotatable bonds is 5. The number of carbonyl (C=O) groups excluding carboxylic acids is 1. The van der Waals surface area contributed by atoms with E-state index in [9.17, 15) is 4.79 Å². The number of amides is 1. The third-order valence-corrected chi connectivity index (χ3v) is 4.70. The Morgan fingerprint density at radius 1 is 1.32 bits per heavy atom. The molecule has 0 fully saturated rings. The number of nitrogens with one attached hydrogen (secondary N) is 1. The molecule has 25 heavy (non-hydrogen) atoms. The van der Waals surface area contributed by atoms with Crippen molar-refractivity contribution >= 4 is 34.0 Å². The van der Waals surface area contributed by atoms with E-state index >= 15 is 0 Å². The lowest BCUT2D eigenvalue weighted by Crippen LogP contribution is -2.30. The number of hydrogen-bond donors (Lipinski definition) is 1. The van der Waals surface area contributed by atoms with Crippen molar-refractivity contribution in [2.24, 2.45) is 0 Å². The highest BCUT2D eigenvalue weighted by Gasteiger charge is 2.23. The zero-order valence-electron chi connectivity index (χ0n) is 13.4. The molecule has 3 aromatic heterocycles. The fourth-order valence-corrected chi connectivity index (χ4v) is 3.30. The number of aromatic nitrogens is 2. The number of carbonyl (C=O) groups is 1. The van der Waals surface area contributed by atoms with Crippen LogP contribution >= 0.6 is 11.3 Å². The number of furan rings is 1. The first kappa shape index (κ1) is 15.5. The monoisotopic (exact) mass is 353 g/mol. The molecule has 126 valence electrons. The van der Waals surface area contributed by atoms with Gasteiger partial charge < -0.3 is 9.15 Å². The first-order valence-corrected chi connectivity index (χ1v) is 8.54. The van der Waals surface area contributed by atoms with Gasteiger partial charge in [0.15, 0.2) is 11.6 Å². The van der Waals surface area contributed by atoms with Gasteiger partial charge in [0.2, 0.25) is 0 Å². The van der Waals surface area contributed by atoms with Crippen LogP contribution in [-0.4, -0.2) is 23.2 Å². The van der Waals surface area contributed by atoms with Gasteiger partial charge in [-0.2, -0.15) is 5.10 Å². The van der Waals surface area contributed by atoms with Gasteiger partial charge in [-0.15, -0.1) is 11.3 Å². The number of thiophene rings is 1. The molecule has 7 heteroatoms. The van der Waals surface area contributed by atoms with Crippen LogP contribution in [0, 0.1) is 0 Å². The van der Waals surface area contributed by atoms with Crippen LogP contribution in [0.4, 0.5) is 5.82 Å². The van der Waals surface area contributed by atoms with E-state index in [1.54, 1.807) is 53.8 Å². The van der Waals surface area contributed by atoms with Crippen molar-refractivity contribution in [1.29, 1.82) is 0 Å². The van der Waals surface area contributed by atoms with E-state index in [2.05, 4.69) is 10.2 Å². The molecule has 0 aliphatic carbocycles. The molecule has 1 N–H and O–H groups in total. The van der Waals surface area contributed by atoms with Gasteiger partial charge in [0.1, 0.15) is 11.3 Å². The van der Waals surface area contributed by atoms with Crippen molar-refractivity contribution in [3.8, 4) is 5.75 Å². The zero-order chi connectivity index (χ0) is 17.2. The smallest absolute Gasteiger partial charge is 0.295 e. The zero-order valence-corrected chi connectivity index (χ0v) is 14.2. The predicted molar refractivity (Wildman–Crippen MR) is 96.2 cm³/mol. The highest BCUT2D eigenvalue weighted by molar-refractivity contribution is 7.09. The summed E-state index contributed by atoms with van der Waals surface area (Å²) in [7, 11) is 1.60. The topological polar surface area (TPSA) is 71.4 Å². The number of ether oxygens (including phenoxy) is 1. The summed E-state index contributed by atoms with van der Waals surface area (Å²) in [6.07, 6.45) is 1.69. The number of fused-ring (bicyclic) bond motifs is 1. The molecule has 4 aromatic rings. The molecule has 0 saturated carbocycles. The quantitative estimate of drug-likeness (QED) is 0.587. The largest absolute Gasteiger partial charge is 0.497 e. The minimum atomic E-state index is -0.240. The molecule has 0 unspecified atom stereocenters. The molecule has 0 radical (unpaired) electrons. The fraction of sp³-hybridized carbons (Fsp3) is 0.111. The minimum absolute atomic E-state index is 0.240. The van der Waals surface area contributed by atoms with Crippen LogP contribution in [0.2, 0.25) is 0 Å². The Labute approximate surface area is 147 Å². The molecule has 3 heterocycles. The van der Waals surface area contributed by atoms with Crippen molar-refractivity contribution < 1.29 is 13.9 Å². The molecule has 4 rings (SSSR count). The van der Waals surface area contributed by atoms with E-state index in [1.807, 2.05) is 23.6 Å². The maximum atomic E-state index is 13.0. The summed E-state index contributed by atoms with van der Waals surface area (Å²) in [6, 6.07) is 12.9. The normalized spacial score (nSPS) is 10.9. The Hall–Kier alpha value is -3.06. The number of anilines is 1. The Kier molecular flexibility index (Phi) is 3.99. The number of methoxy groups -OCH3 is 1. The third kappa shape index (κ3) is 3.01. The predicted octanol–water partition coefficient (Wildman–Crippen LogP) is 4.07. The summed E-state index contributed by atoms with van der Waals surface area (Å²) in [5.41, 5.74) is 0.641. The molecule has 0 bridgehead atoms. The summed E-state index contributed by atoms with van der Waals surface area (Å²) in [4.78, 5) is 15.7. The number of hydrogen-bond acceptors (Lipinski definition) is 5. The van der Waals surface area contributed by atoms with E-state index in [1.165, 1.54) is 0 Å². The molecule has 1 amide bonds. The summed E-state index contributed by atoms with van der Waals surface area (Å²) in [6.45, 7) is 0.432. The maximum absolute atomic E-state index is 13.0. The van der Waals surface area contributed by atoms with Gasteiger partial charge in [-0.25, -0.2) is 0 Å². The van der Waals surface area contributed by atoms with Crippen LogP contribution < -0.4 is 9.64 Å². The molecule has 0 aliphatic heterocycles. The van der Waals surface area contributed by atoms with E-state index in [0.717, 1.165) is 16.0 Å². The Morgan fingerprint density at radius 2 is 2.24 bits per heavy atom. The highest BCUT2D eigenvalue weighted by atomic mass is 32.1. The average Bonchev–Trinajstić information content (AvgIpc) is 3.39. The van der Waals surface area contributed by atoms with Crippen LogP contribution in [0.1, 0.15) is 15.4 Å². The highest BCUT2D eigenvalue weighted by Crippen LogP contribution is 2.27. The van der Waals surface area contributed by atoms with Crippen LogP contribution in [0.5, 0.6) is 5.75 Å². The molecule has 1 aromatic carbocycles. The van der Waals surface area contributed by atoms with Gasteiger partial charge in [-0.3, -0.25) is 14.8 Å². The SMILES string of the molecule is COc1ccc2oc(C(=O)N(Cc3cccs3)c3cc[nH]n3)cc2c1. The van der Waals surface area contributed by atoms with E-state index in [4.69, 9.17) is 9.15 Å². The van der Waals surface area contributed by atoms with Crippen LogP contribution in [0.3, 0.4) is 0 Å². The van der Waals surface area contributed by atoms with Gasteiger partial charge in [-0.1, -0.05) is 6.07 Å². The van der Waals surface area contributed by atoms with Crippen molar-refractivity contribution in [2.75, 3.05) is 12.0 Å². The Bertz CT molecular complexity index is 990. The molecule has 0 aliphatic rings. The number of aromatic amines is 1. The van der Waals surface area contributed by atoms with E-state index < -0.39 is 0 Å². The first-order valence-electron chi connectivity index (χ1n) is 7.66. The second-order valence-corrected chi connectivity index (χ2v) is 6.45. The number of nitrogens with zero attached hydrogens (tertiary/aromatic N) is 2. The third-order valence-electron chi connectivity index (χ3n) is 3.84. The average molecular weight is 353 g/mol. The Morgan fingerprint density at radius 3 is 2.96 bits per heavy atom. The molecular weight excluding hydrogens is 338 g/mol. The Balaban J connectivity index is 1.70. The first-order chi connectivity index (χ1) is 12.2. The second kappa shape index (κ2) is 6.45. The summed E-state index contributed by atoms with van der Waals surface area (Å²) < 4.78 is 11.0. The van der Waals surface area contributed by atoms with Gasteiger partial charge in [0, 0.05) is 22.5 Å². The number of H-pyrrole nitrogens is 1. The molecule has 0 spiro atoms. The van der Waals surface area contributed by atoms with Crippen molar-refractivity contribution in [1.82, 2.24) is 10.2 Å². The fourth-order valence-electron chi connectivity index (χ4n) is 2.60. The van der Waals surface area contributed by atoms with Crippen molar-refractivity contribution in [3.05, 3.63) is 64.7 Å². The van der Waals surface area contributed by atoms with Gasteiger partial charge in [0.05, 0.1) is 13.7 Å². The van der Waals surface area contributed by atoms with Crippen LogP contribution in [-0.2, 0) is 6.54 Å². The van der Waals surface area contributed by atoms with Gasteiger partial charge in [-0.05, 0) is 35.7 Å². The lowest BCUT2D eigenvalue weighted by Gasteiger charge is -2.18. The van der Waals surface area contributed by atoms with Crippen molar-refractivity contribution in [3.63, 3.8) is 0 Å². The summed E-state index contributed by atoms with van der Waals surface area (Å²) >= 11 is 1.59. The maximum Gasteiger partial charge on any atom is 0.295 e. The lowest BCUT2D eigenvalue weighted by molar-refractivity contribution is 0.0960. The van der Waals surface area contributed by atoms with Crippen LogP contribution in [0.15, 0.2) is 58.5 Å². The van der Waals surface area contributed by atoms with Gasteiger partial charge in [0.25, 0.3) is 5.91 Å². The van der Waals surface area contributed by atoms with E-state index in [0.29, 0.717) is 17.9 Å². The molecule has 6 nitrogen and oxygen atoms in total. The second-order valence-electron chi connectivity index (χ2n) is 5.42. The molecule has 0 atom stereocenters. The summed E-state index contributed by atoms with van der Waals surface area (Å²) in [5, 5.41) is 9.70. The standard InChI is InChI=1S/C18H15N3O3S/c1-23-13-4-5-15-12(9-13)10-16(24-15)18(22)21(17-6-7-19-20-17)11-14-3-2-8-25-14/h2-10H,11H2,1H3,(H,19,20). The van der Waals surface area contributed by atoms with E-state index in [-0.39, 0.29) is 11.7 Å². The number of benzene rings is 1. The molecule has 0 saturated heterocycles. The van der Waals surface area contributed by atoms with Crippen LogP contribution in [0.25, 0.3) is 11.0 Å². The van der Waals surface area contributed by atoms with Crippen molar-refractivity contribution in [2.45, 2.75) is 6.54 Å². The van der Waals surface area contributed by atoms with Gasteiger partial charge >= 0.3 is 0 Å². The lowest BCUT2D eigenvalue weighted by atomic mass is 10.2.